The number of allylic oxidation sites excluding steroid dienone is 1. The molecule has 1 saturated carbocycles. The van der Waals surface area contributed by atoms with Crippen molar-refractivity contribution in [2.24, 2.45) is 11.7 Å². The molecule has 3 N–H and O–H groups in total. The van der Waals surface area contributed by atoms with Gasteiger partial charge in [-0.3, -0.25) is 14.6 Å². The summed E-state index contributed by atoms with van der Waals surface area (Å²) < 4.78 is 14.1. The Balaban J connectivity index is 1.48. The van der Waals surface area contributed by atoms with Gasteiger partial charge in [-0.25, -0.2) is 10.4 Å². The van der Waals surface area contributed by atoms with E-state index >= 15 is 0 Å². The average Bonchev–Trinajstić information content (AvgIpc) is 3.53. The van der Waals surface area contributed by atoms with Gasteiger partial charge in [0, 0.05) is 54.6 Å². The number of hydrogen-bond acceptors (Lipinski definition) is 8. The van der Waals surface area contributed by atoms with Crippen molar-refractivity contribution in [3.8, 4) is 28.9 Å². The van der Waals surface area contributed by atoms with Gasteiger partial charge in [-0.05, 0) is 43.9 Å². The molecule has 36 heavy (non-hydrogen) atoms. The number of hydrazine groups is 1. The van der Waals surface area contributed by atoms with Crippen molar-refractivity contribution in [2.45, 2.75) is 31.7 Å². The van der Waals surface area contributed by atoms with Gasteiger partial charge in [0.2, 0.25) is 11.8 Å². The number of nitrogens with one attached hydrogen (secondary N) is 1. The van der Waals surface area contributed by atoms with Crippen LogP contribution in [0.2, 0.25) is 0 Å². The van der Waals surface area contributed by atoms with Crippen LogP contribution in [0, 0.1) is 17.2 Å². The molecule has 1 aliphatic carbocycles. The van der Waals surface area contributed by atoms with Crippen LogP contribution in [0.3, 0.4) is 0 Å². The molecule has 0 amide bonds. The van der Waals surface area contributed by atoms with Crippen molar-refractivity contribution in [2.75, 3.05) is 13.7 Å². The van der Waals surface area contributed by atoms with Crippen molar-refractivity contribution in [1.29, 1.82) is 5.26 Å². The number of ether oxygens (including phenoxy) is 2. The molecule has 0 radical (unpaired) electrons. The Hall–Kier alpha value is -4.29. The maximum absolute atomic E-state index is 10.1. The second kappa shape index (κ2) is 8.73. The van der Waals surface area contributed by atoms with Crippen molar-refractivity contribution in [1.82, 2.24) is 25.0 Å². The fraction of sp³-hybridized carbons (Fsp3) is 0.296. The zero-order valence-electron chi connectivity index (χ0n) is 20.2. The van der Waals surface area contributed by atoms with E-state index in [2.05, 4.69) is 21.5 Å². The summed E-state index contributed by atoms with van der Waals surface area (Å²) in [6, 6.07) is 12.3. The third-order valence-corrected chi connectivity index (χ3v) is 6.95. The molecule has 0 spiro atoms. The van der Waals surface area contributed by atoms with Gasteiger partial charge in [-0.15, -0.1) is 0 Å². The van der Waals surface area contributed by atoms with Crippen LogP contribution in [0.15, 0.2) is 78.0 Å². The summed E-state index contributed by atoms with van der Waals surface area (Å²) in [5.74, 6) is 2.43. The van der Waals surface area contributed by atoms with E-state index in [1.807, 2.05) is 60.1 Å². The number of aromatic nitrogens is 3. The number of pyridine rings is 1. The summed E-state index contributed by atoms with van der Waals surface area (Å²) in [5, 5.41) is 12.0. The Bertz CT molecular complexity index is 1420. The van der Waals surface area contributed by atoms with Crippen LogP contribution in [0.5, 0.6) is 5.75 Å². The third kappa shape index (κ3) is 3.58. The van der Waals surface area contributed by atoms with E-state index in [9.17, 15) is 5.26 Å². The zero-order chi connectivity index (χ0) is 24.8. The van der Waals surface area contributed by atoms with E-state index in [1.165, 1.54) is 0 Å². The van der Waals surface area contributed by atoms with Crippen LogP contribution < -0.4 is 15.9 Å². The van der Waals surface area contributed by atoms with E-state index in [1.54, 1.807) is 18.6 Å². The van der Waals surface area contributed by atoms with Crippen LogP contribution in [0.1, 0.15) is 31.2 Å². The van der Waals surface area contributed by atoms with Gasteiger partial charge in [-0.2, -0.15) is 5.26 Å². The Labute approximate surface area is 209 Å². The third-order valence-electron chi connectivity index (χ3n) is 6.95. The minimum absolute atomic E-state index is 0.0893. The summed E-state index contributed by atoms with van der Waals surface area (Å²) in [6.07, 6.45) is 9.51. The van der Waals surface area contributed by atoms with Crippen molar-refractivity contribution < 1.29 is 9.47 Å². The molecule has 2 atom stereocenters. The topological polar surface area (TPSA) is 114 Å². The molecule has 9 nitrogen and oxygen atoms in total. The van der Waals surface area contributed by atoms with Gasteiger partial charge in [0.25, 0.3) is 0 Å². The number of benzene rings is 1. The smallest absolute Gasteiger partial charge is 0.213 e. The first-order chi connectivity index (χ1) is 17.6. The lowest BCUT2D eigenvalue weighted by molar-refractivity contribution is 0.151. The van der Waals surface area contributed by atoms with E-state index in [-0.39, 0.29) is 17.8 Å². The highest BCUT2D eigenvalue weighted by Crippen LogP contribution is 2.51. The molecular weight excluding hydrogens is 454 g/mol. The number of rotatable bonds is 6. The molecule has 2 aliphatic heterocycles. The molecule has 1 fully saturated rings. The van der Waals surface area contributed by atoms with Crippen molar-refractivity contribution in [3.05, 3.63) is 83.6 Å². The highest BCUT2D eigenvalue weighted by Gasteiger charge is 2.48. The molecule has 3 aromatic rings. The Kier molecular flexibility index (Phi) is 5.38. The quantitative estimate of drug-likeness (QED) is 0.549. The van der Waals surface area contributed by atoms with Crippen LogP contribution in [0.25, 0.3) is 17.1 Å². The molecule has 2 unspecified atom stereocenters. The van der Waals surface area contributed by atoms with Crippen molar-refractivity contribution >= 4 is 0 Å². The number of nitrogens with two attached hydrogens (primary N) is 1. The number of nitrogens with zero attached hydrogens (tertiary/aromatic N) is 5. The lowest BCUT2D eigenvalue weighted by atomic mass is 9.79. The Morgan fingerprint density at radius 1 is 1.28 bits per heavy atom. The first kappa shape index (κ1) is 22.2. The maximum Gasteiger partial charge on any atom is 0.213 e. The summed E-state index contributed by atoms with van der Waals surface area (Å²) in [6.45, 7) is 2.44. The Morgan fingerprint density at radius 2 is 2.14 bits per heavy atom. The van der Waals surface area contributed by atoms with Gasteiger partial charge in [0.1, 0.15) is 23.2 Å². The molecule has 3 aliphatic rings. The number of imidazole rings is 1. The van der Waals surface area contributed by atoms with E-state index in [0.717, 1.165) is 41.1 Å². The normalized spacial score (nSPS) is 21.3. The van der Waals surface area contributed by atoms with Crippen molar-refractivity contribution in [3.63, 3.8) is 0 Å². The minimum atomic E-state index is -0.363. The maximum atomic E-state index is 10.1. The molecule has 1 aromatic carbocycles. The first-order valence-corrected chi connectivity index (χ1v) is 12.1. The lowest BCUT2D eigenvalue weighted by Gasteiger charge is -2.29. The van der Waals surface area contributed by atoms with Gasteiger partial charge < -0.3 is 15.2 Å². The highest BCUT2D eigenvalue weighted by molar-refractivity contribution is 5.61. The van der Waals surface area contributed by atoms with Crippen LogP contribution in [-0.4, -0.2) is 39.2 Å². The number of nitriles is 1. The van der Waals surface area contributed by atoms with Crippen LogP contribution in [-0.2, 0) is 4.74 Å². The van der Waals surface area contributed by atoms with E-state index in [0.29, 0.717) is 29.7 Å². The van der Waals surface area contributed by atoms with Crippen LogP contribution in [0.4, 0.5) is 0 Å². The van der Waals surface area contributed by atoms with E-state index < -0.39 is 0 Å². The first-order valence-electron chi connectivity index (χ1n) is 12.1. The van der Waals surface area contributed by atoms with Gasteiger partial charge in [0.05, 0.1) is 24.3 Å². The van der Waals surface area contributed by atoms with E-state index in [4.69, 9.17) is 15.2 Å². The summed E-state index contributed by atoms with van der Waals surface area (Å²) in [4.78, 5) is 8.78. The molecule has 6 rings (SSSR count). The minimum Gasteiger partial charge on any atom is -0.493 e. The predicted octanol–water partition coefficient (Wildman–Crippen LogP) is 3.58. The average molecular weight is 482 g/mol. The zero-order valence-corrected chi connectivity index (χ0v) is 20.2. The van der Waals surface area contributed by atoms with Gasteiger partial charge in [-0.1, -0.05) is 6.07 Å². The summed E-state index contributed by atoms with van der Waals surface area (Å²) >= 11 is 0. The fourth-order valence-electron chi connectivity index (χ4n) is 5.19. The molecule has 4 heterocycles. The second-order valence-corrected chi connectivity index (χ2v) is 9.21. The monoisotopic (exact) mass is 481 g/mol. The summed E-state index contributed by atoms with van der Waals surface area (Å²) in [5.41, 5.74) is 13.9. The second-order valence-electron chi connectivity index (χ2n) is 9.21. The Morgan fingerprint density at radius 3 is 2.86 bits per heavy atom. The molecular formula is C27H27N7O2. The molecule has 9 heteroatoms. The predicted molar refractivity (Wildman–Crippen MR) is 133 cm³/mol. The largest absolute Gasteiger partial charge is 0.493 e. The van der Waals surface area contributed by atoms with Crippen LogP contribution >= 0.6 is 0 Å². The van der Waals surface area contributed by atoms with Gasteiger partial charge >= 0.3 is 0 Å². The molecule has 0 saturated heterocycles. The molecule has 0 bridgehead atoms. The SMILES string of the molecule is CCOc1cc(-n2ccnc2-c2cccnc2)ccc1C1C(C#N)=C(N)OC2=C1C(C1CC1)NN2C. The highest BCUT2D eigenvalue weighted by atomic mass is 16.5. The standard InChI is InChI=1S/C27H27N7O2/c1-3-35-21-13-18(34-12-11-31-26(34)17-5-4-10-30-15-17)8-9-19(21)22-20(14-28)25(29)36-27-23(22)24(16-6-7-16)32-33(27)2/h4-5,8-13,15-16,22,24,32H,3,6-7,29H2,1-2H3. The van der Waals surface area contributed by atoms with Gasteiger partial charge in [0.15, 0.2) is 0 Å². The summed E-state index contributed by atoms with van der Waals surface area (Å²) in [7, 11) is 1.92. The lowest BCUT2D eigenvalue weighted by Crippen LogP contribution is -2.36. The molecule has 2 aromatic heterocycles. The number of hydrogen-bond donors (Lipinski definition) is 2. The fourth-order valence-corrected chi connectivity index (χ4v) is 5.19. The molecule has 182 valence electrons.